The van der Waals surface area contributed by atoms with E-state index in [1.54, 1.807) is 36.4 Å². The molecule has 3 N–H and O–H groups in total. The van der Waals surface area contributed by atoms with E-state index in [1.165, 1.54) is 5.56 Å². The van der Waals surface area contributed by atoms with Gasteiger partial charge in [0, 0.05) is 0 Å². The number of amidine groups is 1. The number of hydrogen-bond acceptors (Lipinski definition) is 3. The Hall–Kier alpha value is -2.62. The van der Waals surface area contributed by atoms with Gasteiger partial charge in [-0.3, -0.25) is 5.41 Å². The van der Waals surface area contributed by atoms with Crippen LogP contribution in [-0.2, 0) is 6.42 Å². The predicted molar refractivity (Wildman–Crippen MR) is 92.0 cm³/mol. The van der Waals surface area contributed by atoms with Crippen LogP contribution in [0.2, 0.25) is 0 Å². The van der Waals surface area contributed by atoms with E-state index in [2.05, 4.69) is 20.8 Å². The van der Waals surface area contributed by atoms with Crippen molar-refractivity contribution >= 4 is 11.8 Å². The minimum atomic E-state index is -0.457. The SMILES string of the molecule is CC(C)(C)Cc1ccc(C(=O)Oc2ccccc2C(=N)N)cc1. The second-order valence-electron chi connectivity index (χ2n) is 6.73. The Morgan fingerprint density at radius 2 is 1.70 bits per heavy atom. The van der Waals surface area contributed by atoms with Gasteiger partial charge in [0.25, 0.3) is 0 Å². The molecule has 0 aliphatic rings. The molecule has 2 rings (SSSR count). The van der Waals surface area contributed by atoms with Gasteiger partial charge in [-0.15, -0.1) is 0 Å². The van der Waals surface area contributed by atoms with E-state index in [1.807, 2.05) is 12.1 Å². The van der Waals surface area contributed by atoms with Gasteiger partial charge in [0.2, 0.25) is 0 Å². The van der Waals surface area contributed by atoms with Gasteiger partial charge in [0.1, 0.15) is 11.6 Å². The van der Waals surface area contributed by atoms with Crippen LogP contribution < -0.4 is 10.5 Å². The Kier molecular flexibility index (Phi) is 4.84. The average molecular weight is 310 g/mol. The van der Waals surface area contributed by atoms with Crippen molar-refractivity contribution in [3.63, 3.8) is 0 Å². The number of nitrogen functional groups attached to an aromatic ring is 1. The summed E-state index contributed by atoms with van der Waals surface area (Å²) in [4.78, 5) is 12.3. The molecule has 0 aliphatic heterocycles. The molecule has 0 radical (unpaired) electrons. The number of carbonyl (C=O) groups excluding carboxylic acids is 1. The molecule has 120 valence electrons. The van der Waals surface area contributed by atoms with Crippen LogP contribution in [0, 0.1) is 10.8 Å². The molecule has 0 spiro atoms. The van der Waals surface area contributed by atoms with Crippen molar-refractivity contribution in [2.24, 2.45) is 11.1 Å². The van der Waals surface area contributed by atoms with Crippen LogP contribution in [0.25, 0.3) is 0 Å². The van der Waals surface area contributed by atoms with Gasteiger partial charge in [-0.1, -0.05) is 45.0 Å². The normalized spacial score (nSPS) is 11.1. The van der Waals surface area contributed by atoms with Crippen molar-refractivity contribution in [2.75, 3.05) is 0 Å². The highest BCUT2D eigenvalue weighted by Gasteiger charge is 2.14. The molecule has 0 atom stereocenters. The lowest BCUT2D eigenvalue weighted by molar-refractivity contribution is 0.0734. The first-order valence-corrected chi connectivity index (χ1v) is 7.51. The molecule has 0 saturated carbocycles. The summed E-state index contributed by atoms with van der Waals surface area (Å²) in [5.74, 6) is -0.293. The Labute approximate surface area is 136 Å². The summed E-state index contributed by atoms with van der Waals surface area (Å²) in [5.41, 5.74) is 7.76. The van der Waals surface area contributed by atoms with Crippen LogP contribution >= 0.6 is 0 Å². The minimum Gasteiger partial charge on any atom is -0.422 e. The fourth-order valence-electron chi connectivity index (χ4n) is 2.31. The van der Waals surface area contributed by atoms with E-state index in [0.29, 0.717) is 16.9 Å². The van der Waals surface area contributed by atoms with Crippen LogP contribution in [0.4, 0.5) is 0 Å². The van der Waals surface area contributed by atoms with Gasteiger partial charge >= 0.3 is 5.97 Å². The summed E-state index contributed by atoms with van der Waals surface area (Å²) < 4.78 is 5.37. The molecule has 0 saturated heterocycles. The number of nitrogens with one attached hydrogen (secondary N) is 1. The summed E-state index contributed by atoms with van der Waals surface area (Å²) in [5, 5.41) is 7.52. The van der Waals surface area contributed by atoms with E-state index >= 15 is 0 Å². The molecule has 0 fully saturated rings. The molecular formula is C19H22N2O2. The lowest BCUT2D eigenvalue weighted by Gasteiger charge is -2.18. The van der Waals surface area contributed by atoms with Gasteiger partial charge in [-0.05, 0) is 41.7 Å². The van der Waals surface area contributed by atoms with Crippen molar-refractivity contribution in [2.45, 2.75) is 27.2 Å². The zero-order valence-corrected chi connectivity index (χ0v) is 13.7. The van der Waals surface area contributed by atoms with E-state index in [-0.39, 0.29) is 11.3 Å². The first kappa shape index (κ1) is 16.7. The molecule has 0 bridgehead atoms. The predicted octanol–water partition coefficient (Wildman–Crippen LogP) is 3.78. The smallest absolute Gasteiger partial charge is 0.343 e. The topological polar surface area (TPSA) is 76.2 Å². The molecular weight excluding hydrogens is 288 g/mol. The highest BCUT2D eigenvalue weighted by atomic mass is 16.5. The number of ether oxygens (including phenoxy) is 1. The van der Waals surface area contributed by atoms with Gasteiger partial charge in [-0.2, -0.15) is 0 Å². The number of nitrogens with two attached hydrogens (primary N) is 1. The summed E-state index contributed by atoms with van der Waals surface area (Å²) in [6, 6.07) is 14.2. The molecule has 0 heterocycles. The van der Waals surface area contributed by atoms with Crippen LogP contribution in [0.15, 0.2) is 48.5 Å². The zero-order chi connectivity index (χ0) is 17.0. The maximum absolute atomic E-state index is 12.3. The van der Waals surface area contributed by atoms with E-state index < -0.39 is 5.97 Å². The molecule has 2 aromatic rings. The van der Waals surface area contributed by atoms with Crippen molar-refractivity contribution in [3.05, 3.63) is 65.2 Å². The van der Waals surface area contributed by atoms with Crippen molar-refractivity contribution in [1.82, 2.24) is 0 Å². The van der Waals surface area contributed by atoms with Gasteiger partial charge < -0.3 is 10.5 Å². The fourth-order valence-corrected chi connectivity index (χ4v) is 2.31. The fraction of sp³-hybridized carbons (Fsp3) is 0.263. The highest BCUT2D eigenvalue weighted by Crippen LogP contribution is 2.22. The summed E-state index contributed by atoms with van der Waals surface area (Å²) in [6.07, 6.45) is 0.940. The third-order valence-corrected chi connectivity index (χ3v) is 3.30. The van der Waals surface area contributed by atoms with Crippen LogP contribution in [0.1, 0.15) is 42.3 Å². The van der Waals surface area contributed by atoms with Crippen molar-refractivity contribution < 1.29 is 9.53 Å². The Morgan fingerprint density at radius 3 is 2.26 bits per heavy atom. The van der Waals surface area contributed by atoms with E-state index in [4.69, 9.17) is 15.9 Å². The van der Waals surface area contributed by atoms with Gasteiger partial charge in [0.15, 0.2) is 0 Å². The van der Waals surface area contributed by atoms with E-state index in [0.717, 1.165) is 6.42 Å². The lowest BCUT2D eigenvalue weighted by atomic mass is 9.88. The number of rotatable bonds is 4. The summed E-state index contributed by atoms with van der Waals surface area (Å²) >= 11 is 0. The largest absolute Gasteiger partial charge is 0.422 e. The van der Waals surface area contributed by atoms with Crippen LogP contribution in [-0.4, -0.2) is 11.8 Å². The molecule has 0 amide bonds. The highest BCUT2D eigenvalue weighted by molar-refractivity contribution is 5.99. The number of benzene rings is 2. The molecule has 0 aliphatic carbocycles. The third-order valence-electron chi connectivity index (χ3n) is 3.30. The molecule has 23 heavy (non-hydrogen) atoms. The first-order chi connectivity index (χ1) is 10.8. The van der Waals surface area contributed by atoms with E-state index in [9.17, 15) is 4.79 Å². The van der Waals surface area contributed by atoms with Gasteiger partial charge in [-0.25, -0.2) is 4.79 Å². The monoisotopic (exact) mass is 310 g/mol. The zero-order valence-electron chi connectivity index (χ0n) is 13.7. The second kappa shape index (κ2) is 6.65. The Bertz CT molecular complexity index is 713. The standard InChI is InChI=1S/C19H22N2O2/c1-19(2,3)12-13-8-10-14(11-9-13)18(22)23-16-7-5-4-6-15(16)17(20)21/h4-11H,12H2,1-3H3,(H3,20,21). The molecule has 0 unspecified atom stereocenters. The lowest BCUT2D eigenvalue weighted by Crippen LogP contribution is -2.16. The number of esters is 1. The average Bonchev–Trinajstić information content (AvgIpc) is 2.46. The third kappa shape index (κ3) is 4.68. The molecule has 4 nitrogen and oxygen atoms in total. The number of hydrogen-bond donors (Lipinski definition) is 2. The molecule has 2 aromatic carbocycles. The second-order valence-corrected chi connectivity index (χ2v) is 6.73. The maximum atomic E-state index is 12.3. The van der Waals surface area contributed by atoms with Crippen molar-refractivity contribution in [1.29, 1.82) is 5.41 Å². The maximum Gasteiger partial charge on any atom is 0.343 e. The summed E-state index contributed by atoms with van der Waals surface area (Å²) in [7, 11) is 0. The van der Waals surface area contributed by atoms with Gasteiger partial charge in [0.05, 0.1) is 11.1 Å². The first-order valence-electron chi connectivity index (χ1n) is 7.51. The number of carbonyl (C=O) groups is 1. The van der Waals surface area contributed by atoms with Crippen LogP contribution in [0.5, 0.6) is 5.75 Å². The van der Waals surface area contributed by atoms with Crippen LogP contribution in [0.3, 0.4) is 0 Å². The molecule has 4 heteroatoms. The summed E-state index contributed by atoms with van der Waals surface area (Å²) in [6.45, 7) is 6.52. The Morgan fingerprint density at radius 1 is 1.09 bits per heavy atom. The molecule has 0 aromatic heterocycles. The minimum absolute atomic E-state index is 0.131. The van der Waals surface area contributed by atoms with Crippen molar-refractivity contribution in [3.8, 4) is 5.75 Å². The number of para-hydroxylation sites is 1. The Balaban J connectivity index is 2.14. The quantitative estimate of drug-likeness (QED) is 0.390.